The van der Waals surface area contributed by atoms with E-state index in [1.165, 1.54) is 0 Å². The Morgan fingerprint density at radius 3 is 2.67 bits per heavy atom. The minimum absolute atomic E-state index is 0.0846. The first-order valence-electron chi connectivity index (χ1n) is 6.69. The molecule has 1 unspecified atom stereocenters. The third-order valence-corrected chi connectivity index (χ3v) is 3.35. The number of aromatic amines is 1. The van der Waals surface area contributed by atoms with Gasteiger partial charge in [0.2, 0.25) is 5.91 Å². The third-order valence-electron chi connectivity index (χ3n) is 3.35. The zero-order valence-corrected chi connectivity index (χ0v) is 11.9. The zero-order chi connectivity index (χ0) is 15.6. The van der Waals surface area contributed by atoms with Crippen LogP contribution in [0.1, 0.15) is 19.4 Å². The Morgan fingerprint density at radius 1 is 1.33 bits per heavy atom. The molecule has 6 heteroatoms. The van der Waals surface area contributed by atoms with E-state index in [1.807, 2.05) is 0 Å². The zero-order valence-electron chi connectivity index (χ0n) is 11.9. The summed E-state index contributed by atoms with van der Waals surface area (Å²) in [7, 11) is 0. The maximum Gasteiger partial charge on any atom is 0.326 e. The number of benzene rings is 1. The average molecular weight is 290 g/mol. The molecule has 0 saturated heterocycles. The van der Waals surface area contributed by atoms with Crippen molar-refractivity contribution in [2.45, 2.75) is 26.3 Å². The second-order valence-electron chi connectivity index (χ2n) is 5.35. The van der Waals surface area contributed by atoms with Crippen molar-refractivity contribution in [3.05, 3.63) is 30.0 Å². The molecule has 1 heterocycles. The third kappa shape index (κ3) is 3.34. The monoisotopic (exact) mass is 290 g/mol. The van der Waals surface area contributed by atoms with Gasteiger partial charge in [-0.3, -0.25) is 4.79 Å². The fraction of sp³-hybridized carbons (Fsp3) is 0.333. The summed E-state index contributed by atoms with van der Waals surface area (Å²) < 4.78 is 0. The van der Waals surface area contributed by atoms with Crippen LogP contribution in [0, 0.1) is 5.92 Å². The Kier molecular flexibility index (Phi) is 4.16. The number of carboxylic acids is 1. The van der Waals surface area contributed by atoms with Crippen LogP contribution in [0.15, 0.2) is 24.4 Å². The molecular formula is C15H18N2O4. The molecule has 1 atom stereocenters. The van der Waals surface area contributed by atoms with Gasteiger partial charge in [-0.25, -0.2) is 4.79 Å². The molecule has 1 aromatic heterocycles. The number of carbonyl (C=O) groups is 2. The Morgan fingerprint density at radius 2 is 2.05 bits per heavy atom. The summed E-state index contributed by atoms with van der Waals surface area (Å²) in [5.74, 6) is -1.43. The number of hydrogen-bond donors (Lipinski definition) is 4. The Labute approximate surface area is 121 Å². The van der Waals surface area contributed by atoms with E-state index in [1.54, 1.807) is 38.2 Å². The summed E-state index contributed by atoms with van der Waals surface area (Å²) in [5, 5.41) is 21.8. The molecule has 1 amide bonds. The van der Waals surface area contributed by atoms with E-state index in [9.17, 15) is 14.7 Å². The number of aromatic nitrogens is 1. The molecule has 2 aromatic rings. The number of aliphatic carboxylic acids is 1. The molecule has 0 aliphatic carbocycles. The van der Waals surface area contributed by atoms with Gasteiger partial charge >= 0.3 is 5.97 Å². The molecule has 21 heavy (non-hydrogen) atoms. The summed E-state index contributed by atoms with van der Waals surface area (Å²) in [5.41, 5.74) is 1.49. The van der Waals surface area contributed by atoms with Crippen molar-refractivity contribution in [2.75, 3.05) is 0 Å². The van der Waals surface area contributed by atoms with Gasteiger partial charge in [-0.15, -0.1) is 0 Å². The van der Waals surface area contributed by atoms with E-state index in [-0.39, 0.29) is 24.0 Å². The molecule has 0 fully saturated rings. The minimum Gasteiger partial charge on any atom is -0.508 e. The molecule has 0 saturated carbocycles. The van der Waals surface area contributed by atoms with Crippen molar-refractivity contribution in [3.8, 4) is 5.75 Å². The van der Waals surface area contributed by atoms with Gasteiger partial charge in [-0.1, -0.05) is 13.8 Å². The number of aromatic hydroxyl groups is 1. The van der Waals surface area contributed by atoms with E-state index in [0.717, 1.165) is 16.5 Å². The Hall–Kier alpha value is -2.50. The fourth-order valence-corrected chi connectivity index (χ4v) is 2.23. The molecule has 112 valence electrons. The number of carboxylic acid groups (broad SMARTS) is 1. The van der Waals surface area contributed by atoms with Crippen molar-refractivity contribution in [3.63, 3.8) is 0 Å². The lowest BCUT2D eigenvalue weighted by atomic mass is 10.0. The average Bonchev–Trinajstić information content (AvgIpc) is 2.77. The topological polar surface area (TPSA) is 102 Å². The van der Waals surface area contributed by atoms with Crippen LogP contribution in [-0.2, 0) is 16.0 Å². The molecule has 0 aliphatic heterocycles. The quantitative estimate of drug-likeness (QED) is 0.672. The van der Waals surface area contributed by atoms with Crippen molar-refractivity contribution in [1.82, 2.24) is 10.3 Å². The first-order valence-corrected chi connectivity index (χ1v) is 6.69. The summed E-state index contributed by atoms with van der Waals surface area (Å²) >= 11 is 0. The van der Waals surface area contributed by atoms with E-state index < -0.39 is 12.0 Å². The summed E-state index contributed by atoms with van der Waals surface area (Å²) in [6.45, 7) is 3.49. The second kappa shape index (κ2) is 5.87. The second-order valence-corrected chi connectivity index (χ2v) is 5.35. The standard InChI is InChI=1S/C15H18N2O4/c1-8(2)14(15(20)21)17-13(19)5-9-7-16-12-6-10(18)3-4-11(9)12/h3-4,6-8,14,16,18H,5H2,1-2H3,(H,17,19)(H,20,21). The minimum atomic E-state index is -1.04. The number of carbonyl (C=O) groups excluding carboxylic acids is 1. The number of H-pyrrole nitrogens is 1. The molecule has 0 aliphatic rings. The van der Waals surface area contributed by atoms with Crippen molar-refractivity contribution in [2.24, 2.45) is 5.92 Å². The van der Waals surface area contributed by atoms with Crippen LogP contribution in [-0.4, -0.2) is 33.1 Å². The van der Waals surface area contributed by atoms with Gasteiger partial charge in [-0.05, 0) is 23.6 Å². The van der Waals surface area contributed by atoms with E-state index in [2.05, 4.69) is 10.3 Å². The Balaban J connectivity index is 2.13. The van der Waals surface area contributed by atoms with Crippen LogP contribution in [0.2, 0.25) is 0 Å². The maximum absolute atomic E-state index is 12.0. The van der Waals surface area contributed by atoms with Crippen LogP contribution in [0.5, 0.6) is 5.75 Å². The lowest BCUT2D eigenvalue weighted by molar-refractivity contribution is -0.143. The van der Waals surface area contributed by atoms with Gasteiger partial charge in [0.1, 0.15) is 11.8 Å². The summed E-state index contributed by atoms with van der Waals surface area (Å²) in [6.07, 6.45) is 1.77. The molecule has 4 N–H and O–H groups in total. The summed E-state index contributed by atoms with van der Waals surface area (Å²) in [6, 6.07) is 3.95. The molecule has 6 nitrogen and oxygen atoms in total. The molecule has 1 aromatic carbocycles. The van der Waals surface area contributed by atoms with Gasteiger partial charge in [0.05, 0.1) is 6.42 Å². The molecule has 0 radical (unpaired) electrons. The number of hydrogen-bond acceptors (Lipinski definition) is 3. The van der Waals surface area contributed by atoms with Crippen LogP contribution >= 0.6 is 0 Å². The number of phenolic OH excluding ortho intramolecular Hbond substituents is 1. The van der Waals surface area contributed by atoms with E-state index >= 15 is 0 Å². The van der Waals surface area contributed by atoms with Crippen molar-refractivity contribution in [1.29, 1.82) is 0 Å². The smallest absolute Gasteiger partial charge is 0.326 e. The first kappa shape index (κ1) is 14.9. The van der Waals surface area contributed by atoms with Crippen LogP contribution in [0.3, 0.4) is 0 Å². The summed E-state index contributed by atoms with van der Waals surface area (Å²) in [4.78, 5) is 26.1. The van der Waals surface area contributed by atoms with Crippen LogP contribution in [0.25, 0.3) is 10.9 Å². The molecule has 2 rings (SSSR count). The predicted molar refractivity (Wildman–Crippen MR) is 78.1 cm³/mol. The van der Waals surface area contributed by atoms with Crippen molar-refractivity contribution < 1.29 is 19.8 Å². The highest BCUT2D eigenvalue weighted by atomic mass is 16.4. The fourth-order valence-electron chi connectivity index (χ4n) is 2.23. The number of nitrogens with one attached hydrogen (secondary N) is 2. The highest BCUT2D eigenvalue weighted by molar-refractivity contribution is 5.91. The lowest BCUT2D eigenvalue weighted by Gasteiger charge is -2.17. The van der Waals surface area contributed by atoms with Gasteiger partial charge in [0.25, 0.3) is 0 Å². The van der Waals surface area contributed by atoms with E-state index in [0.29, 0.717) is 0 Å². The van der Waals surface area contributed by atoms with Gasteiger partial charge in [0.15, 0.2) is 0 Å². The molecule has 0 bridgehead atoms. The van der Waals surface area contributed by atoms with Crippen molar-refractivity contribution >= 4 is 22.8 Å². The normalized spacial score (nSPS) is 12.5. The number of fused-ring (bicyclic) bond motifs is 1. The first-order chi connectivity index (χ1) is 9.88. The maximum atomic E-state index is 12.0. The van der Waals surface area contributed by atoms with E-state index in [4.69, 9.17) is 5.11 Å². The highest BCUT2D eigenvalue weighted by Gasteiger charge is 2.23. The number of phenols is 1. The highest BCUT2D eigenvalue weighted by Crippen LogP contribution is 2.22. The Bertz CT molecular complexity index is 675. The SMILES string of the molecule is CC(C)C(NC(=O)Cc1c[nH]c2cc(O)ccc12)C(=O)O. The van der Waals surface area contributed by atoms with Crippen LogP contribution in [0.4, 0.5) is 0 Å². The molecular weight excluding hydrogens is 272 g/mol. The number of rotatable bonds is 5. The largest absolute Gasteiger partial charge is 0.508 e. The van der Waals surface area contributed by atoms with Gasteiger partial charge in [-0.2, -0.15) is 0 Å². The lowest BCUT2D eigenvalue weighted by Crippen LogP contribution is -2.44. The molecule has 0 spiro atoms. The predicted octanol–water partition coefficient (Wildman–Crippen LogP) is 1.64. The number of amides is 1. The van der Waals surface area contributed by atoms with Gasteiger partial charge < -0.3 is 20.5 Å². The van der Waals surface area contributed by atoms with Gasteiger partial charge in [0, 0.05) is 23.2 Å². The van der Waals surface area contributed by atoms with Crippen LogP contribution < -0.4 is 5.32 Å².